The van der Waals surface area contributed by atoms with Crippen LogP contribution < -0.4 is 0 Å². The minimum Gasteiger partial charge on any atom is -0.466 e. The number of ether oxygens (including phenoxy) is 1. The molecule has 0 spiro atoms. The van der Waals surface area contributed by atoms with E-state index in [1.165, 1.54) is 29.6 Å². The van der Waals surface area contributed by atoms with Gasteiger partial charge < -0.3 is 9.84 Å². The maximum absolute atomic E-state index is 11.0. The van der Waals surface area contributed by atoms with E-state index in [0.717, 1.165) is 4.34 Å². The molecule has 0 aliphatic carbocycles. The van der Waals surface area contributed by atoms with Crippen molar-refractivity contribution in [3.05, 3.63) is 6.33 Å². The summed E-state index contributed by atoms with van der Waals surface area (Å²) in [7, 11) is 0. The number of nitrogens with zero attached hydrogens (tertiary/aromatic N) is 2. The van der Waals surface area contributed by atoms with Crippen LogP contribution in [0, 0.1) is 0 Å². The van der Waals surface area contributed by atoms with Gasteiger partial charge in [0.2, 0.25) is 0 Å². The zero-order valence-electron chi connectivity index (χ0n) is 8.25. The number of hydrogen-bond donors (Lipinski definition) is 1. The Morgan fingerprint density at radius 3 is 3.20 bits per heavy atom. The lowest BCUT2D eigenvalue weighted by Gasteiger charge is -2.07. The molecular formula is C8H12N2O3S2. The van der Waals surface area contributed by atoms with Crippen LogP contribution in [0.3, 0.4) is 0 Å². The second-order valence-corrected chi connectivity index (χ2v) is 4.73. The lowest BCUT2D eigenvalue weighted by atomic mass is 10.3. The third kappa shape index (κ3) is 5.10. The van der Waals surface area contributed by atoms with Crippen molar-refractivity contribution in [1.29, 1.82) is 0 Å². The molecule has 0 saturated carbocycles. The van der Waals surface area contributed by atoms with E-state index < -0.39 is 6.10 Å². The number of esters is 1. The normalized spacial score (nSPS) is 12.4. The molecule has 0 saturated heterocycles. The molecule has 0 radical (unpaired) electrons. The van der Waals surface area contributed by atoms with Gasteiger partial charge in [0.1, 0.15) is 6.33 Å². The average Bonchev–Trinajstić information content (AvgIpc) is 2.67. The molecule has 0 aromatic carbocycles. The van der Waals surface area contributed by atoms with Gasteiger partial charge in [0.25, 0.3) is 0 Å². The SMILES string of the molecule is CCOC(=O)CC(O)CSc1ncns1. The fourth-order valence-electron chi connectivity index (χ4n) is 0.865. The van der Waals surface area contributed by atoms with Crippen molar-refractivity contribution < 1.29 is 14.6 Å². The van der Waals surface area contributed by atoms with Crippen LogP contribution in [0.5, 0.6) is 0 Å². The maximum Gasteiger partial charge on any atom is 0.308 e. The van der Waals surface area contributed by atoms with E-state index >= 15 is 0 Å². The minimum absolute atomic E-state index is 0.0274. The van der Waals surface area contributed by atoms with Gasteiger partial charge in [-0.25, -0.2) is 4.98 Å². The summed E-state index contributed by atoms with van der Waals surface area (Å²) in [6, 6.07) is 0. The summed E-state index contributed by atoms with van der Waals surface area (Å²) in [6.45, 7) is 2.08. The summed E-state index contributed by atoms with van der Waals surface area (Å²) < 4.78 is 9.33. The van der Waals surface area contributed by atoms with Gasteiger partial charge in [-0.15, -0.1) is 0 Å². The van der Waals surface area contributed by atoms with Gasteiger partial charge in [-0.3, -0.25) is 4.79 Å². The topological polar surface area (TPSA) is 72.3 Å². The molecule has 1 atom stereocenters. The average molecular weight is 248 g/mol. The molecule has 1 N–H and O–H groups in total. The summed E-state index contributed by atoms with van der Waals surface area (Å²) in [5.41, 5.74) is 0. The smallest absolute Gasteiger partial charge is 0.308 e. The van der Waals surface area contributed by atoms with Gasteiger partial charge in [-0.1, -0.05) is 11.8 Å². The third-order valence-electron chi connectivity index (χ3n) is 1.45. The van der Waals surface area contributed by atoms with Crippen molar-refractivity contribution in [3.63, 3.8) is 0 Å². The quantitative estimate of drug-likeness (QED) is 0.597. The van der Waals surface area contributed by atoms with Crippen LogP contribution in [-0.2, 0) is 9.53 Å². The molecule has 1 aromatic heterocycles. The molecule has 1 unspecified atom stereocenters. The van der Waals surface area contributed by atoms with Gasteiger partial charge in [0, 0.05) is 5.75 Å². The highest BCUT2D eigenvalue weighted by molar-refractivity contribution is 8.00. The lowest BCUT2D eigenvalue weighted by molar-refractivity contribution is -0.144. The number of hydrogen-bond acceptors (Lipinski definition) is 7. The van der Waals surface area contributed by atoms with Crippen molar-refractivity contribution >= 4 is 29.3 Å². The summed E-state index contributed by atoms with van der Waals surface area (Å²) in [4.78, 5) is 14.9. The highest BCUT2D eigenvalue weighted by Crippen LogP contribution is 2.19. The van der Waals surface area contributed by atoms with Crippen molar-refractivity contribution in [1.82, 2.24) is 9.36 Å². The van der Waals surface area contributed by atoms with Gasteiger partial charge in [-0.2, -0.15) is 4.37 Å². The van der Waals surface area contributed by atoms with Crippen LogP contribution in [0.15, 0.2) is 10.7 Å². The molecular weight excluding hydrogens is 236 g/mol. The molecule has 0 amide bonds. The Hall–Kier alpha value is -0.660. The van der Waals surface area contributed by atoms with Crippen LogP contribution in [0.25, 0.3) is 0 Å². The fourth-order valence-corrected chi connectivity index (χ4v) is 2.26. The Morgan fingerprint density at radius 1 is 1.80 bits per heavy atom. The van der Waals surface area contributed by atoms with E-state index in [2.05, 4.69) is 9.36 Å². The number of carbonyl (C=O) groups is 1. The molecule has 1 heterocycles. The Balaban J connectivity index is 2.18. The van der Waals surface area contributed by atoms with Gasteiger partial charge in [0.15, 0.2) is 4.34 Å². The van der Waals surface area contributed by atoms with Crippen molar-refractivity contribution in [2.75, 3.05) is 12.4 Å². The monoisotopic (exact) mass is 248 g/mol. The Kier molecular flexibility index (Phi) is 5.59. The van der Waals surface area contributed by atoms with E-state index in [0.29, 0.717) is 12.4 Å². The predicted molar refractivity (Wildman–Crippen MR) is 57.9 cm³/mol. The number of aliphatic hydroxyl groups excluding tert-OH is 1. The van der Waals surface area contributed by atoms with Crippen LogP contribution in [0.1, 0.15) is 13.3 Å². The van der Waals surface area contributed by atoms with E-state index in [1.54, 1.807) is 6.92 Å². The molecule has 0 fully saturated rings. The maximum atomic E-state index is 11.0. The zero-order chi connectivity index (χ0) is 11.1. The number of rotatable bonds is 6. The molecule has 0 bridgehead atoms. The zero-order valence-corrected chi connectivity index (χ0v) is 9.88. The second kappa shape index (κ2) is 6.76. The van der Waals surface area contributed by atoms with Crippen LogP contribution in [-0.4, -0.2) is 38.9 Å². The summed E-state index contributed by atoms with van der Waals surface area (Å²) in [5, 5.41) is 9.48. The molecule has 1 rings (SSSR count). The Bertz CT molecular complexity index is 292. The first-order chi connectivity index (χ1) is 7.22. The van der Waals surface area contributed by atoms with Crippen molar-refractivity contribution in [2.45, 2.75) is 23.8 Å². The Morgan fingerprint density at radius 2 is 2.60 bits per heavy atom. The Labute approximate surface area is 96.0 Å². The van der Waals surface area contributed by atoms with E-state index in [-0.39, 0.29) is 12.4 Å². The van der Waals surface area contributed by atoms with Crippen LogP contribution in [0.4, 0.5) is 0 Å². The van der Waals surface area contributed by atoms with Crippen LogP contribution >= 0.6 is 23.3 Å². The molecule has 15 heavy (non-hydrogen) atoms. The largest absolute Gasteiger partial charge is 0.466 e. The molecule has 84 valence electrons. The highest BCUT2D eigenvalue weighted by atomic mass is 32.2. The molecule has 0 aliphatic rings. The van der Waals surface area contributed by atoms with Crippen molar-refractivity contribution in [2.24, 2.45) is 0 Å². The van der Waals surface area contributed by atoms with Gasteiger partial charge >= 0.3 is 5.97 Å². The number of carbonyl (C=O) groups excluding carboxylic acids is 1. The summed E-state index contributed by atoms with van der Waals surface area (Å²) in [5.74, 6) is 0.0523. The first-order valence-electron chi connectivity index (χ1n) is 4.45. The standard InChI is InChI=1S/C8H12N2O3S2/c1-2-13-7(12)3-6(11)4-14-8-9-5-10-15-8/h5-6,11H,2-4H2,1H3. The van der Waals surface area contributed by atoms with Gasteiger partial charge in [-0.05, 0) is 18.5 Å². The first-order valence-corrected chi connectivity index (χ1v) is 6.21. The van der Waals surface area contributed by atoms with E-state index in [1.807, 2.05) is 0 Å². The van der Waals surface area contributed by atoms with Crippen LogP contribution in [0.2, 0.25) is 0 Å². The highest BCUT2D eigenvalue weighted by Gasteiger charge is 2.12. The minimum atomic E-state index is -0.696. The van der Waals surface area contributed by atoms with E-state index in [9.17, 15) is 9.90 Å². The van der Waals surface area contributed by atoms with Gasteiger partial charge in [0.05, 0.1) is 19.1 Å². The van der Waals surface area contributed by atoms with Crippen molar-refractivity contribution in [3.8, 4) is 0 Å². The summed E-state index contributed by atoms with van der Waals surface area (Å²) >= 11 is 2.65. The molecule has 5 nitrogen and oxygen atoms in total. The van der Waals surface area contributed by atoms with E-state index in [4.69, 9.17) is 4.74 Å². The molecule has 7 heteroatoms. The second-order valence-electron chi connectivity index (χ2n) is 2.68. The lowest BCUT2D eigenvalue weighted by Crippen LogP contribution is -2.17. The predicted octanol–water partition coefficient (Wildman–Crippen LogP) is 0.944. The molecule has 1 aromatic rings. The number of thioether (sulfide) groups is 1. The number of aliphatic hydroxyl groups is 1. The first kappa shape index (κ1) is 12.4. The number of aromatic nitrogens is 2. The molecule has 0 aliphatic heterocycles. The fraction of sp³-hybridized carbons (Fsp3) is 0.625. The summed E-state index contributed by atoms with van der Waals surface area (Å²) in [6.07, 6.45) is 0.794. The third-order valence-corrected chi connectivity index (χ3v) is 3.39.